The smallest absolute Gasteiger partial charge is 0.408 e. The molecule has 0 heterocycles. The van der Waals surface area contributed by atoms with E-state index in [1.165, 1.54) is 11.0 Å². The number of aryl methyl sites for hydroxylation is 1. The van der Waals surface area contributed by atoms with Crippen LogP contribution < -0.4 is 10.6 Å². The quantitative estimate of drug-likeness (QED) is 0.294. The number of esters is 1. The summed E-state index contributed by atoms with van der Waals surface area (Å²) in [6.07, 6.45) is 0.733. The normalized spacial score (nSPS) is 12.9. The number of alkyl carbamates (subject to hydrolysis) is 1. The molecule has 0 saturated heterocycles. The van der Waals surface area contributed by atoms with E-state index in [1.54, 1.807) is 60.6 Å². The number of nitrogens with one attached hydrogen (secondary N) is 2. The maximum atomic E-state index is 14.2. The molecular weight excluding hydrogens is 550 g/mol. The van der Waals surface area contributed by atoms with Crippen LogP contribution in [0.15, 0.2) is 48.5 Å². The summed E-state index contributed by atoms with van der Waals surface area (Å²) in [6.45, 7) is 13.8. The van der Waals surface area contributed by atoms with Crippen molar-refractivity contribution in [2.75, 3.05) is 13.1 Å². The van der Waals surface area contributed by atoms with Crippen molar-refractivity contribution < 1.29 is 33.8 Å². The molecule has 0 bridgehead atoms. The molecule has 0 saturated carbocycles. The molecule has 10 nitrogen and oxygen atoms in total. The van der Waals surface area contributed by atoms with Gasteiger partial charge in [-0.05, 0) is 83.7 Å². The van der Waals surface area contributed by atoms with Gasteiger partial charge in [0.25, 0.3) is 0 Å². The summed E-state index contributed by atoms with van der Waals surface area (Å²) >= 11 is 0. The van der Waals surface area contributed by atoms with Crippen LogP contribution in [0.25, 0.3) is 0 Å². The zero-order valence-electron chi connectivity index (χ0n) is 26.7. The summed E-state index contributed by atoms with van der Waals surface area (Å²) in [5.41, 5.74) is 0.225. The monoisotopic (exact) mass is 597 g/mol. The standard InChI is InChI=1S/C33H47N3O7/c1-9-10-18-36(27(38)21-34-31(41)43-33(6,7)8)28(24-16-17-26(37)22(2)19-24)29(39)35-25(30(40)42-32(3,4)5)20-23-14-12-11-13-15-23/h11-17,19,25,28,37H,9-10,18,20-21H2,1-8H3,(H,34,41)(H,35,39). The fraction of sp³-hybridized carbons (Fsp3) is 0.515. The second-order valence-electron chi connectivity index (χ2n) is 12.5. The highest BCUT2D eigenvalue weighted by Crippen LogP contribution is 2.27. The second kappa shape index (κ2) is 15.4. The molecule has 2 rings (SSSR count). The molecule has 2 aromatic carbocycles. The lowest BCUT2D eigenvalue weighted by Crippen LogP contribution is -2.52. The Morgan fingerprint density at radius 1 is 0.930 bits per heavy atom. The van der Waals surface area contributed by atoms with Gasteiger partial charge in [0.2, 0.25) is 11.8 Å². The van der Waals surface area contributed by atoms with Gasteiger partial charge in [0, 0.05) is 13.0 Å². The lowest BCUT2D eigenvalue weighted by atomic mass is 9.99. The first-order chi connectivity index (χ1) is 20.0. The van der Waals surface area contributed by atoms with E-state index in [4.69, 9.17) is 9.47 Å². The van der Waals surface area contributed by atoms with Crippen molar-refractivity contribution in [1.29, 1.82) is 0 Å². The molecular formula is C33H47N3O7. The fourth-order valence-corrected chi connectivity index (χ4v) is 4.28. The molecule has 43 heavy (non-hydrogen) atoms. The average Bonchev–Trinajstić information content (AvgIpc) is 2.89. The Morgan fingerprint density at radius 2 is 1.56 bits per heavy atom. The fourth-order valence-electron chi connectivity index (χ4n) is 4.28. The van der Waals surface area contributed by atoms with E-state index in [-0.39, 0.29) is 18.7 Å². The van der Waals surface area contributed by atoms with Crippen molar-refractivity contribution >= 4 is 23.9 Å². The molecule has 3 amide bonds. The molecule has 0 radical (unpaired) electrons. The molecule has 2 aromatic rings. The number of ether oxygens (including phenoxy) is 2. The highest BCUT2D eigenvalue weighted by Gasteiger charge is 2.35. The lowest BCUT2D eigenvalue weighted by Gasteiger charge is -2.33. The first-order valence-corrected chi connectivity index (χ1v) is 14.6. The van der Waals surface area contributed by atoms with Gasteiger partial charge in [-0.15, -0.1) is 0 Å². The number of phenols is 1. The predicted molar refractivity (Wildman–Crippen MR) is 164 cm³/mol. The van der Waals surface area contributed by atoms with E-state index in [9.17, 15) is 24.3 Å². The van der Waals surface area contributed by atoms with E-state index in [1.807, 2.05) is 37.3 Å². The van der Waals surface area contributed by atoms with Crippen LogP contribution in [-0.4, -0.2) is 64.2 Å². The minimum Gasteiger partial charge on any atom is -0.508 e. The number of rotatable bonds is 12. The molecule has 0 aromatic heterocycles. The van der Waals surface area contributed by atoms with E-state index in [0.717, 1.165) is 12.0 Å². The maximum Gasteiger partial charge on any atom is 0.408 e. The number of benzene rings is 2. The highest BCUT2D eigenvalue weighted by molar-refractivity contribution is 5.93. The third kappa shape index (κ3) is 12.0. The van der Waals surface area contributed by atoms with Crippen molar-refractivity contribution in [3.8, 4) is 5.75 Å². The number of unbranched alkanes of at least 4 members (excludes halogenated alkanes) is 1. The van der Waals surface area contributed by atoms with Crippen LogP contribution in [0, 0.1) is 6.92 Å². The van der Waals surface area contributed by atoms with Crippen molar-refractivity contribution in [3.63, 3.8) is 0 Å². The Labute approximate surface area is 255 Å². The van der Waals surface area contributed by atoms with E-state index < -0.39 is 53.7 Å². The van der Waals surface area contributed by atoms with Gasteiger partial charge in [-0.3, -0.25) is 9.59 Å². The number of hydrogen-bond acceptors (Lipinski definition) is 7. The summed E-state index contributed by atoms with van der Waals surface area (Å²) in [5, 5.41) is 15.5. The van der Waals surface area contributed by atoms with Gasteiger partial charge in [-0.2, -0.15) is 0 Å². The van der Waals surface area contributed by atoms with Crippen molar-refractivity contribution in [3.05, 3.63) is 65.2 Å². The van der Waals surface area contributed by atoms with Crippen LogP contribution in [0.5, 0.6) is 5.75 Å². The Bertz CT molecular complexity index is 1250. The van der Waals surface area contributed by atoms with Gasteiger partial charge in [0.15, 0.2) is 0 Å². The van der Waals surface area contributed by atoms with Gasteiger partial charge in [0.05, 0.1) is 0 Å². The van der Waals surface area contributed by atoms with Crippen molar-refractivity contribution in [1.82, 2.24) is 15.5 Å². The zero-order chi connectivity index (χ0) is 32.4. The van der Waals surface area contributed by atoms with Crippen LogP contribution in [0.4, 0.5) is 4.79 Å². The maximum absolute atomic E-state index is 14.2. The van der Waals surface area contributed by atoms with Crippen LogP contribution in [0.1, 0.15) is 84.0 Å². The molecule has 0 aliphatic carbocycles. The predicted octanol–water partition coefficient (Wildman–Crippen LogP) is 4.96. The Balaban J connectivity index is 2.49. The minimum absolute atomic E-state index is 0.0386. The van der Waals surface area contributed by atoms with Gasteiger partial charge >= 0.3 is 12.1 Å². The number of carbonyl (C=O) groups excluding carboxylic acids is 4. The molecule has 0 fully saturated rings. The number of aromatic hydroxyl groups is 1. The third-order valence-corrected chi connectivity index (χ3v) is 6.24. The summed E-state index contributed by atoms with van der Waals surface area (Å²) in [5.74, 6) is -1.68. The van der Waals surface area contributed by atoms with Crippen LogP contribution in [0.2, 0.25) is 0 Å². The molecule has 236 valence electrons. The third-order valence-electron chi connectivity index (χ3n) is 6.24. The Hall–Kier alpha value is -4.08. The molecule has 0 spiro atoms. The molecule has 10 heteroatoms. The molecule has 0 aliphatic rings. The van der Waals surface area contributed by atoms with E-state index >= 15 is 0 Å². The van der Waals surface area contributed by atoms with E-state index in [0.29, 0.717) is 17.5 Å². The second-order valence-corrected chi connectivity index (χ2v) is 12.5. The number of hydrogen-bond donors (Lipinski definition) is 3. The topological polar surface area (TPSA) is 134 Å². The summed E-state index contributed by atoms with van der Waals surface area (Å²) in [6, 6.07) is 11.7. The summed E-state index contributed by atoms with van der Waals surface area (Å²) in [4.78, 5) is 54.8. The summed E-state index contributed by atoms with van der Waals surface area (Å²) < 4.78 is 10.9. The number of phenolic OH excluding ortho intramolecular Hbond substituents is 1. The first kappa shape index (κ1) is 35.1. The zero-order valence-corrected chi connectivity index (χ0v) is 26.7. The van der Waals surface area contributed by atoms with Gasteiger partial charge < -0.3 is 30.1 Å². The highest BCUT2D eigenvalue weighted by atomic mass is 16.6. The molecule has 2 unspecified atom stereocenters. The van der Waals surface area contributed by atoms with Crippen LogP contribution >= 0.6 is 0 Å². The molecule has 3 N–H and O–H groups in total. The Kier molecular flexibility index (Phi) is 12.6. The van der Waals surface area contributed by atoms with Gasteiger partial charge in [-0.1, -0.05) is 49.7 Å². The molecule has 0 aliphatic heterocycles. The van der Waals surface area contributed by atoms with Gasteiger partial charge in [-0.25, -0.2) is 9.59 Å². The lowest BCUT2D eigenvalue weighted by molar-refractivity contribution is -0.159. The van der Waals surface area contributed by atoms with Gasteiger partial charge in [0.1, 0.15) is 35.6 Å². The number of nitrogens with zero attached hydrogens (tertiary/aromatic N) is 1. The molecule has 2 atom stereocenters. The van der Waals surface area contributed by atoms with Crippen LogP contribution in [0.3, 0.4) is 0 Å². The number of amides is 3. The van der Waals surface area contributed by atoms with Crippen molar-refractivity contribution in [2.24, 2.45) is 0 Å². The first-order valence-electron chi connectivity index (χ1n) is 14.6. The number of carbonyl (C=O) groups is 4. The largest absolute Gasteiger partial charge is 0.508 e. The Morgan fingerprint density at radius 3 is 2.12 bits per heavy atom. The SMILES string of the molecule is CCCCN(C(=O)CNC(=O)OC(C)(C)C)C(C(=O)NC(Cc1ccccc1)C(=O)OC(C)(C)C)c1ccc(O)c(C)c1. The summed E-state index contributed by atoms with van der Waals surface area (Å²) in [7, 11) is 0. The van der Waals surface area contributed by atoms with E-state index in [2.05, 4.69) is 10.6 Å². The van der Waals surface area contributed by atoms with Crippen LogP contribution in [-0.2, 0) is 30.3 Å². The minimum atomic E-state index is -1.17. The average molecular weight is 598 g/mol. The van der Waals surface area contributed by atoms with Crippen molar-refractivity contribution in [2.45, 2.75) is 97.9 Å².